The van der Waals surface area contributed by atoms with Crippen molar-refractivity contribution in [3.63, 3.8) is 0 Å². The summed E-state index contributed by atoms with van der Waals surface area (Å²) in [6.07, 6.45) is 0. The number of anilines is 3. The summed E-state index contributed by atoms with van der Waals surface area (Å²) in [5, 5.41) is 6.98. The third-order valence-electron chi connectivity index (χ3n) is 9.05. The number of nitrogens with zero attached hydrogens (tertiary/aromatic N) is 1. The molecule has 9 rings (SSSR count). The summed E-state index contributed by atoms with van der Waals surface area (Å²) in [5.74, 6) is 0. The second kappa shape index (κ2) is 10.8. The summed E-state index contributed by atoms with van der Waals surface area (Å²) in [7, 11) is 0. The van der Waals surface area contributed by atoms with Crippen molar-refractivity contribution >= 4 is 60.5 Å². The van der Waals surface area contributed by atoms with Crippen LogP contribution in [-0.4, -0.2) is 0 Å². The normalized spacial score (nSPS) is 11.5. The SMILES string of the molecule is c1ccc(-c2ccc(N(c3ccccc3)c3cccc4oc5c6ccccc6c(-c6cccc7ccccc67)cc5c34)cc2)cc1. The quantitative estimate of drug-likeness (QED) is 0.199. The fourth-order valence-corrected chi connectivity index (χ4v) is 6.94. The van der Waals surface area contributed by atoms with Crippen molar-refractivity contribution in [2.24, 2.45) is 0 Å². The van der Waals surface area contributed by atoms with Crippen molar-refractivity contribution in [2.45, 2.75) is 0 Å². The Balaban J connectivity index is 1.32. The first kappa shape index (κ1) is 26.3. The molecule has 0 saturated carbocycles. The van der Waals surface area contributed by atoms with Gasteiger partial charge in [0.2, 0.25) is 0 Å². The molecule has 0 aliphatic rings. The zero-order valence-electron chi connectivity index (χ0n) is 25.1. The average molecular weight is 588 g/mol. The lowest BCUT2D eigenvalue weighted by molar-refractivity contribution is 0.672. The molecular formula is C44H29NO. The first-order chi connectivity index (χ1) is 22.8. The van der Waals surface area contributed by atoms with Gasteiger partial charge in [-0.15, -0.1) is 0 Å². The molecule has 0 unspecified atom stereocenters. The maximum absolute atomic E-state index is 6.76. The molecule has 0 radical (unpaired) electrons. The molecule has 8 aromatic carbocycles. The van der Waals surface area contributed by atoms with E-state index in [1.54, 1.807) is 0 Å². The molecule has 0 aliphatic carbocycles. The number of furan rings is 1. The van der Waals surface area contributed by atoms with E-state index >= 15 is 0 Å². The van der Waals surface area contributed by atoms with Gasteiger partial charge in [-0.1, -0.05) is 133 Å². The Labute approximate surface area is 267 Å². The second-order valence-electron chi connectivity index (χ2n) is 11.7. The average Bonchev–Trinajstić information content (AvgIpc) is 3.52. The highest BCUT2D eigenvalue weighted by atomic mass is 16.3. The molecule has 46 heavy (non-hydrogen) atoms. The van der Waals surface area contributed by atoms with Gasteiger partial charge >= 0.3 is 0 Å². The van der Waals surface area contributed by atoms with Gasteiger partial charge in [0, 0.05) is 22.1 Å². The molecule has 0 N–H and O–H groups in total. The van der Waals surface area contributed by atoms with Gasteiger partial charge in [0.05, 0.1) is 11.1 Å². The Morgan fingerprint density at radius 3 is 1.80 bits per heavy atom. The third kappa shape index (κ3) is 4.27. The summed E-state index contributed by atoms with van der Waals surface area (Å²) in [5.41, 5.74) is 9.86. The molecule has 0 fully saturated rings. The minimum Gasteiger partial charge on any atom is -0.455 e. The molecule has 1 aromatic heterocycles. The smallest absolute Gasteiger partial charge is 0.143 e. The largest absolute Gasteiger partial charge is 0.455 e. The van der Waals surface area contributed by atoms with Gasteiger partial charge < -0.3 is 9.32 Å². The van der Waals surface area contributed by atoms with Crippen LogP contribution in [-0.2, 0) is 0 Å². The van der Waals surface area contributed by atoms with Crippen LogP contribution in [0.4, 0.5) is 17.1 Å². The highest BCUT2D eigenvalue weighted by Crippen LogP contribution is 2.47. The first-order valence-electron chi connectivity index (χ1n) is 15.7. The van der Waals surface area contributed by atoms with Crippen LogP contribution in [0, 0.1) is 0 Å². The van der Waals surface area contributed by atoms with E-state index in [-0.39, 0.29) is 0 Å². The molecule has 0 saturated heterocycles. The molecule has 0 aliphatic heterocycles. The van der Waals surface area contributed by atoms with Gasteiger partial charge in [0.25, 0.3) is 0 Å². The van der Waals surface area contributed by atoms with Crippen molar-refractivity contribution in [1.29, 1.82) is 0 Å². The standard InChI is InChI=1S/C44H29NO/c1-3-13-30(14-4-1)31-25-27-34(28-26-31)45(33-17-5-2-6-18-33)41-23-12-24-42-43(41)40-29-39(37-20-9-10-21-38(37)44(40)46-42)36-22-11-16-32-15-7-8-19-35(32)36/h1-29H. The van der Waals surface area contributed by atoms with E-state index in [4.69, 9.17) is 4.42 Å². The second-order valence-corrected chi connectivity index (χ2v) is 11.7. The number of rotatable bonds is 5. The molecule has 0 amide bonds. The van der Waals surface area contributed by atoms with E-state index in [0.29, 0.717) is 0 Å². The first-order valence-corrected chi connectivity index (χ1v) is 15.7. The number of hydrogen-bond donors (Lipinski definition) is 0. The number of fused-ring (bicyclic) bond motifs is 6. The van der Waals surface area contributed by atoms with Crippen molar-refractivity contribution in [3.8, 4) is 22.3 Å². The Morgan fingerprint density at radius 2 is 1.00 bits per heavy atom. The topological polar surface area (TPSA) is 16.4 Å². The van der Waals surface area contributed by atoms with Crippen LogP contribution in [0.2, 0.25) is 0 Å². The van der Waals surface area contributed by atoms with Gasteiger partial charge in [-0.3, -0.25) is 0 Å². The molecule has 0 spiro atoms. The number of hydrogen-bond acceptors (Lipinski definition) is 2. The summed E-state index contributed by atoms with van der Waals surface area (Å²) in [6.45, 7) is 0. The molecule has 0 bridgehead atoms. The van der Waals surface area contributed by atoms with Crippen LogP contribution in [0.1, 0.15) is 0 Å². The van der Waals surface area contributed by atoms with Crippen LogP contribution in [0.5, 0.6) is 0 Å². The van der Waals surface area contributed by atoms with E-state index in [2.05, 4.69) is 181 Å². The van der Waals surface area contributed by atoms with E-state index in [1.165, 1.54) is 38.4 Å². The van der Waals surface area contributed by atoms with Crippen LogP contribution in [0.25, 0.3) is 65.7 Å². The predicted molar refractivity (Wildman–Crippen MR) is 194 cm³/mol. The van der Waals surface area contributed by atoms with E-state index in [1.807, 2.05) is 0 Å². The van der Waals surface area contributed by atoms with Gasteiger partial charge in [0.1, 0.15) is 11.2 Å². The van der Waals surface area contributed by atoms with Crippen LogP contribution < -0.4 is 4.90 Å². The van der Waals surface area contributed by atoms with Crippen LogP contribution >= 0.6 is 0 Å². The maximum Gasteiger partial charge on any atom is 0.143 e. The molecule has 2 heteroatoms. The lowest BCUT2D eigenvalue weighted by atomic mass is 9.92. The third-order valence-corrected chi connectivity index (χ3v) is 9.05. The Bertz CT molecular complexity index is 2510. The molecule has 216 valence electrons. The minimum atomic E-state index is 0.870. The Hall–Kier alpha value is -6.12. The Kier molecular flexibility index (Phi) is 6.17. The zero-order valence-corrected chi connectivity index (χ0v) is 25.1. The summed E-state index contributed by atoms with van der Waals surface area (Å²) in [4.78, 5) is 2.35. The summed E-state index contributed by atoms with van der Waals surface area (Å²) < 4.78 is 6.76. The molecular weight excluding hydrogens is 558 g/mol. The van der Waals surface area contributed by atoms with Crippen molar-refractivity contribution < 1.29 is 4.42 Å². The van der Waals surface area contributed by atoms with E-state index < -0.39 is 0 Å². The molecule has 9 aromatic rings. The number of benzene rings is 8. The molecule has 2 nitrogen and oxygen atoms in total. The van der Waals surface area contributed by atoms with Crippen LogP contribution in [0.15, 0.2) is 180 Å². The highest BCUT2D eigenvalue weighted by Gasteiger charge is 2.22. The minimum absolute atomic E-state index is 0.870. The van der Waals surface area contributed by atoms with Gasteiger partial charge in [0.15, 0.2) is 0 Å². The fourth-order valence-electron chi connectivity index (χ4n) is 6.94. The van der Waals surface area contributed by atoms with Gasteiger partial charge in [-0.05, 0) is 80.9 Å². The van der Waals surface area contributed by atoms with Gasteiger partial charge in [-0.25, -0.2) is 0 Å². The van der Waals surface area contributed by atoms with E-state index in [9.17, 15) is 0 Å². The molecule has 1 heterocycles. The number of para-hydroxylation sites is 1. The monoisotopic (exact) mass is 587 g/mol. The Morgan fingerprint density at radius 1 is 0.391 bits per heavy atom. The lowest BCUT2D eigenvalue weighted by Crippen LogP contribution is -2.10. The van der Waals surface area contributed by atoms with Gasteiger partial charge in [-0.2, -0.15) is 0 Å². The molecule has 0 atom stereocenters. The zero-order chi connectivity index (χ0) is 30.5. The fraction of sp³-hybridized carbons (Fsp3) is 0. The van der Waals surface area contributed by atoms with Crippen molar-refractivity contribution in [3.05, 3.63) is 176 Å². The summed E-state index contributed by atoms with van der Waals surface area (Å²) >= 11 is 0. The highest BCUT2D eigenvalue weighted by molar-refractivity contribution is 6.23. The van der Waals surface area contributed by atoms with E-state index in [0.717, 1.165) is 44.4 Å². The van der Waals surface area contributed by atoms with Crippen molar-refractivity contribution in [1.82, 2.24) is 0 Å². The lowest BCUT2D eigenvalue weighted by Gasteiger charge is -2.26. The van der Waals surface area contributed by atoms with Crippen molar-refractivity contribution in [2.75, 3.05) is 4.90 Å². The maximum atomic E-state index is 6.76. The van der Waals surface area contributed by atoms with Crippen LogP contribution in [0.3, 0.4) is 0 Å². The predicted octanol–water partition coefficient (Wildman–Crippen LogP) is 12.7. The summed E-state index contributed by atoms with van der Waals surface area (Å²) in [6, 6.07) is 62.6.